The van der Waals surface area contributed by atoms with Crippen LogP contribution < -0.4 is 11.1 Å². The average molecular weight is 462 g/mol. The van der Waals surface area contributed by atoms with Gasteiger partial charge in [0.1, 0.15) is 11.6 Å². The summed E-state index contributed by atoms with van der Waals surface area (Å²) in [5, 5.41) is 12.0. The van der Waals surface area contributed by atoms with Crippen LogP contribution >= 0.6 is 24.0 Å². The number of nitrogens with one attached hydrogen (secondary N) is 1. The van der Waals surface area contributed by atoms with Gasteiger partial charge in [-0.2, -0.15) is 0 Å². The van der Waals surface area contributed by atoms with E-state index >= 15 is 0 Å². The highest BCUT2D eigenvalue weighted by molar-refractivity contribution is 14.0. The van der Waals surface area contributed by atoms with Crippen molar-refractivity contribution in [1.82, 2.24) is 20.1 Å². The summed E-state index contributed by atoms with van der Waals surface area (Å²) in [5.74, 6) is 3.49. The monoisotopic (exact) mass is 462 g/mol. The number of halogens is 1. The van der Waals surface area contributed by atoms with Gasteiger partial charge in [0, 0.05) is 32.0 Å². The van der Waals surface area contributed by atoms with Crippen molar-refractivity contribution in [3.8, 4) is 0 Å². The highest BCUT2D eigenvalue weighted by Crippen LogP contribution is 2.14. The third-order valence-corrected chi connectivity index (χ3v) is 4.62. The van der Waals surface area contributed by atoms with Gasteiger partial charge in [-0.05, 0) is 32.1 Å². The van der Waals surface area contributed by atoms with E-state index in [1.165, 1.54) is 32.1 Å². The number of aromatic nitrogens is 3. The summed E-state index contributed by atoms with van der Waals surface area (Å²) in [6, 6.07) is 0.372. The molecular formula is C18H35IN6. The normalized spacial score (nSPS) is 16.1. The SMILES string of the molecule is CC(C)CCCC(C)NC(N)=NCCc1nnc2n1CCCCC2.I. The molecule has 0 radical (unpaired) electrons. The molecule has 6 nitrogen and oxygen atoms in total. The van der Waals surface area contributed by atoms with Gasteiger partial charge < -0.3 is 15.6 Å². The second-order valence-corrected chi connectivity index (χ2v) is 7.38. The quantitative estimate of drug-likeness (QED) is 0.353. The molecule has 25 heavy (non-hydrogen) atoms. The molecule has 1 aliphatic rings. The van der Waals surface area contributed by atoms with Crippen LogP contribution in [-0.2, 0) is 19.4 Å². The van der Waals surface area contributed by atoms with Crippen LogP contribution in [0, 0.1) is 5.92 Å². The lowest BCUT2D eigenvalue weighted by molar-refractivity contribution is 0.493. The van der Waals surface area contributed by atoms with E-state index in [2.05, 4.69) is 45.8 Å². The summed E-state index contributed by atoms with van der Waals surface area (Å²) in [5.41, 5.74) is 6.00. The van der Waals surface area contributed by atoms with Crippen LogP contribution in [0.2, 0.25) is 0 Å². The van der Waals surface area contributed by atoms with Crippen molar-refractivity contribution >= 4 is 29.9 Å². The maximum absolute atomic E-state index is 6.00. The van der Waals surface area contributed by atoms with Gasteiger partial charge in [0.05, 0.1) is 0 Å². The first-order valence-electron chi connectivity index (χ1n) is 9.53. The Morgan fingerprint density at radius 1 is 1.20 bits per heavy atom. The van der Waals surface area contributed by atoms with Crippen molar-refractivity contribution in [2.24, 2.45) is 16.6 Å². The summed E-state index contributed by atoms with van der Waals surface area (Å²) in [6.45, 7) is 8.40. The molecule has 3 N–H and O–H groups in total. The Kier molecular flexibility index (Phi) is 10.4. The molecule has 144 valence electrons. The molecule has 1 aromatic rings. The third-order valence-electron chi connectivity index (χ3n) is 4.62. The standard InChI is InChI=1S/C18H34N6.HI/c1-14(2)8-7-9-15(3)21-18(19)20-12-11-17-23-22-16-10-5-4-6-13-24(16)17;/h14-15H,4-13H2,1-3H3,(H3,19,20,21);1H. The van der Waals surface area contributed by atoms with Gasteiger partial charge in [-0.3, -0.25) is 4.99 Å². The Labute approximate surface area is 169 Å². The lowest BCUT2D eigenvalue weighted by Crippen LogP contribution is -2.38. The molecule has 7 heteroatoms. The molecule has 0 saturated carbocycles. The van der Waals surface area contributed by atoms with Crippen molar-refractivity contribution in [3.63, 3.8) is 0 Å². The zero-order chi connectivity index (χ0) is 17.4. The minimum Gasteiger partial charge on any atom is -0.370 e. The smallest absolute Gasteiger partial charge is 0.188 e. The summed E-state index contributed by atoms with van der Waals surface area (Å²) >= 11 is 0. The lowest BCUT2D eigenvalue weighted by atomic mass is 10.0. The molecule has 1 aliphatic heterocycles. The number of aryl methyl sites for hydroxylation is 1. The molecule has 2 rings (SSSR count). The first-order chi connectivity index (χ1) is 11.6. The number of hydrogen-bond acceptors (Lipinski definition) is 3. The average Bonchev–Trinajstić information content (AvgIpc) is 2.75. The number of fused-ring (bicyclic) bond motifs is 1. The second kappa shape index (κ2) is 11.7. The fourth-order valence-electron chi connectivity index (χ4n) is 3.21. The van der Waals surface area contributed by atoms with E-state index in [1.54, 1.807) is 0 Å². The van der Waals surface area contributed by atoms with E-state index in [0.29, 0.717) is 18.5 Å². The lowest BCUT2D eigenvalue weighted by Gasteiger charge is -2.15. The number of aliphatic imine (C=N–C) groups is 1. The number of nitrogens with two attached hydrogens (primary N) is 1. The fraction of sp³-hybridized carbons (Fsp3) is 0.833. The predicted octanol–water partition coefficient (Wildman–Crippen LogP) is 3.28. The van der Waals surface area contributed by atoms with Gasteiger partial charge in [0.15, 0.2) is 5.96 Å². The van der Waals surface area contributed by atoms with Crippen LogP contribution in [0.1, 0.15) is 70.9 Å². The molecule has 0 fully saturated rings. The maximum atomic E-state index is 6.00. The minimum absolute atomic E-state index is 0. The molecular weight excluding hydrogens is 427 g/mol. The van der Waals surface area contributed by atoms with Crippen LogP contribution in [0.15, 0.2) is 4.99 Å². The number of guanidine groups is 1. The van der Waals surface area contributed by atoms with Gasteiger partial charge in [-0.25, -0.2) is 0 Å². The summed E-state index contributed by atoms with van der Waals surface area (Å²) in [7, 11) is 0. The largest absolute Gasteiger partial charge is 0.370 e. The van der Waals surface area contributed by atoms with Gasteiger partial charge in [-0.15, -0.1) is 34.2 Å². The van der Waals surface area contributed by atoms with Gasteiger partial charge in [0.25, 0.3) is 0 Å². The van der Waals surface area contributed by atoms with Gasteiger partial charge in [0.2, 0.25) is 0 Å². The van der Waals surface area contributed by atoms with E-state index < -0.39 is 0 Å². The van der Waals surface area contributed by atoms with Crippen LogP contribution in [0.5, 0.6) is 0 Å². The zero-order valence-corrected chi connectivity index (χ0v) is 18.3. The van der Waals surface area contributed by atoms with E-state index in [0.717, 1.165) is 43.4 Å². The van der Waals surface area contributed by atoms with E-state index in [9.17, 15) is 0 Å². The number of rotatable bonds is 8. The predicted molar refractivity (Wildman–Crippen MR) is 114 cm³/mol. The Balaban J connectivity index is 0.00000312. The van der Waals surface area contributed by atoms with Crippen molar-refractivity contribution in [1.29, 1.82) is 0 Å². The zero-order valence-electron chi connectivity index (χ0n) is 16.0. The van der Waals surface area contributed by atoms with Crippen LogP contribution in [0.4, 0.5) is 0 Å². The topological polar surface area (TPSA) is 81.1 Å². The molecule has 0 aromatic carbocycles. The van der Waals surface area contributed by atoms with Crippen molar-refractivity contribution in [2.75, 3.05) is 6.54 Å². The Hall–Kier alpha value is -0.860. The molecule has 0 spiro atoms. The molecule has 0 bridgehead atoms. The molecule has 1 atom stereocenters. The molecule has 2 heterocycles. The molecule has 1 unspecified atom stereocenters. The number of nitrogens with zero attached hydrogens (tertiary/aromatic N) is 4. The Morgan fingerprint density at radius 3 is 2.76 bits per heavy atom. The molecule has 0 amide bonds. The van der Waals surface area contributed by atoms with Crippen LogP contribution in [0.3, 0.4) is 0 Å². The maximum Gasteiger partial charge on any atom is 0.188 e. The van der Waals surface area contributed by atoms with Gasteiger partial charge in [-0.1, -0.05) is 33.1 Å². The summed E-state index contributed by atoms with van der Waals surface area (Å²) in [6.07, 6.45) is 9.20. The summed E-state index contributed by atoms with van der Waals surface area (Å²) in [4.78, 5) is 4.46. The number of hydrogen-bond donors (Lipinski definition) is 2. The minimum atomic E-state index is 0. The third kappa shape index (κ3) is 7.92. The van der Waals surface area contributed by atoms with E-state index in [4.69, 9.17) is 5.73 Å². The second-order valence-electron chi connectivity index (χ2n) is 7.38. The summed E-state index contributed by atoms with van der Waals surface area (Å²) < 4.78 is 2.28. The van der Waals surface area contributed by atoms with Crippen molar-refractivity contribution in [3.05, 3.63) is 11.6 Å². The highest BCUT2D eigenvalue weighted by atomic mass is 127. The molecule has 0 aliphatic carbocycles. The molecule has 0 saturated heterocycles. The fourth-order valence-corrected chi connectivity index (χ4v) is 3.21. The highest BCUT2D eigenvalue weighted by Gasteiger charge is 2.14. The van der Waals surface area contributed by atoms with Crippen molar-refractivity contribution < 1.29 is 0 Å². The van der Waals surface area contributed by atoms with Crippen LogP contribution in [0.25, 0.3) is 0 Å². The van der Waals surface area contributed by atoms with Gasteiger partial charge >= 0.3 is 0 Å². The Bertz CT molecular complexity index is 526. The first kappa shape index (κ1) is 22.2. The molecule has 1 aromatic heterocycles. The first-order valence-corrected chi connectivity index (χ1v) is 9.53. The Morgan fingerprint density at radius 2 is 2.00 bits per heavy atom. The van der Waals surface area contributed by atoms with E-state index in [-0.39, 0.29) is 24.0 Å². The van der Waals surface area contributed by atoms with Crippen LogP contribution in [-0.4, -0.2) is 33.3 Å². The van der Waals surface area contributed by atoms with Crippen molar-refractivity contribution in [2.45, 2.75) is 84.7 Å². The van der Waals surface area contributed by atoms with E-state index in [1.807, 2.05) is 0 Å².